The van der Waals surface area contributed by atoms with Gasteiger partial charge < -0.3 is 9.84 Å². The van der Waals surface area contributed by atoms with E-state index in [9.17, 15) is 5.11 Å². The first-order valence-corrected chi connectivity index (χ1v) is 8.53. The Hall–Kier alpha value is -0.860. The van der Waals surface area contributed by atoms with Crippen molar-refractivity contribution in [3.05, 3.63) is 34.9 Å². The Bertz CT molecular complexity index is 369. The second-order valence-corrected chi connectivity index (χ2v) is 6.86. The molecule has 0 aromatic rings. The van der Waals surface area contributed by atoms with Crippen molar-refractivity contribution in [1.82, 2.24) is 0 Å². The second-order valence-electron chi connectivity index (χ2n) is 6.86. The zero-order valence-corrected chi connectivity index (χ0v) is 15.5. The molecule has 2 atom stereocenters. The molecule has 0 aliphatic carbocycles. The lowest BCUT2D eigenvalue weighted by molar-refractivity contribution is -0.101. The van der Waals surface area contributed by atoms with Crippen LogP contribution in [0.2, 0.25) is 0 Å². The van der Waals surface area contributed by atoms with Gasteiger partial charge in [-0.15, -0.1) is 0 Å². The van der Waals surface area contributed by atoms with Gasteiger partial charge in [0.1, 0.15) is 0 Å². The summed E-state index contributed by atoms with van der Waals surface area (Å²) in [5.41, 5.74) is 4.04. The number of hydrogen-bond donors (Lipinski definition) is 1. The molecule has 0 fully saturated rings. The molecule has 0 heterocycles. The molecule has 0 aliphatic rings. The number of aliphatic hydroxyl groups is 1. The molecule has 0 radical (unpaired) electrons. The number of allylic oxidation sites excluding steroid dienone is 5. The fraction of sp³-hybridized carbons (Fsp3) is 0.700. The van der Waals surface area contributed by atoms with Gasteiger partial charge >= 0.3 is 0 Å². The fourth-order valence-electron chi connectivity index (χ4n) is 2.18. The van der Waals surface area contributed by atoms with Crippen LogP contribution in [0.25, 0.3) is 0 Å². The largest absolute Gasteiger partial charge is 0.368 e. The molecule has 1 unspecified atom stereocenters. The average Bonchev–Trinajstić information content (AvgIpc) is 2.37. The van der Waals surface area contributed by atoms with Crippen molar-refractivity contribution in [2.45, 2.75) is 79.9 Å². The Labute approximate surface area is 138 Å². The third kappa shape index (κ3) is 14.1. The summed E-state index contributed by atoms with van der Waals surface area (Å²) in [6, 6.07) is 0. The van der Waals surface area contributed by atoms with E-state index in [4.69, 9.17) is 4.74 Å². The average molecular weight is 309 g/mol. The monoisotopic (exact) mass is 308 g/mol. The minimum absolute atomic E-state index is 0.480. The van der Waals surface area contributed by atoms with E-state index in [0.29, 0.717) is 18.9 Å². The number of hydrogen-bond acceptors (Lipinski definition) is 2. The third-order valence-electron chi connectivity index (χ3n) is 3.63. The smallest absolute Gasteiger partial charge is 0.155 e. The summed E-state index contributed by atoms with van der Waals surface area (Å²) < 4.78 is 5.49. The Morgan fingerprint density at radius 1 is 0.955 bits per heavy atom. The standard InChI is InChI=1S/C20H36O2/c1-16(2)9-7-11-18(5)13-14-22-20(21)15-19(6)12-8-10-17(3)4/h9-10,13,19-21H,7-8,11-12,14-15H2,1-6H3/b18-13-/t19?,20-/m1/s1. The summed E-state index contributed by atoms with van der Waals surface area (Å²) in [5.74, 6) is 0.480. The van der Waals surface area contributed by atoms with Crippen molar-refractivity contribution < 1.29 is 9.84 Å². The van der Waals surface area contributed by atoms with Gasteiger partial charge in [-0.3, -0.25) is 0 Å². The molecular weight excluding hydrogens is 272 g/mol. The highest BCUT2D eigenvalue weighted by atomic mass is 16.6. The number of aliphatic hydroxyl groups excluding tert-OH is 1. The van der Waals surface area contributed by atoms with Crippen LogP contribution >= 0.6 is 0 Å². The minimum atomic E-state index is -0.650. The van der Waals surface area contributed by atoms with Gasteiger partial charge in [0.05, 0.1) is 6.61 Å². The maximum atomic E-state index is 9.91. The summed E-state index contributed by atoms with van der Waals surface area (Å²) in [7, 11) is 0. The van der Waals surface area contributed by atoms with Gasteiger partial charge in [-0.05, 0) is 66.2 Å². The molecule has 0 aromatic carbocycles. The Morgan fingerprint density at radius 2 is 1.55 bits per heavy atom. The fourth-order valence-corrected chi connectivity index (χ4v) is 2.18. The molecule has 22 heavy (non-hydrogen) atoms. The van der Waals surface area contributed by atoms with Gasteiger partial charge in [0.2, 0.25) is 0 Å². The molecule has 2 heteroatoms. The van der Waals surface area contributed by atoms with E-state index in [0.717, 1.165) is 25.7 Å². The van der Waals surface area contributed by atoms with Crippen LogP contribution in [0.15, 0.2) is 34.9 Å². The zero-order valence-electron chi connectivity index (χ0n) is 15.5. The van der Waals surface area contributed by atoms with Gasteiger partial charge in [0.15, 0.2) is 6.29 Å². The van der Waals surface area contributed by atoms with Crippen molar-refractivity contribution in [1.29, 1.82) is 0 Å². The van der Waals surface area contributed by atoms with E-state index < -0.39 is 6.29 Å². The van der Waals surface area contributed by atoms with Gasteiger partial charge in [-0.2, -0.15) is 0 Å². The van der Waals surface area contributed by atoms with Crippen molar-refractivity contribution >= 4 is 0 Å². The lowest BCUT2D eigenvalue weighted by Crippen LogP contribution is -2.16. The van der Waals surface area contributed by atoms with Gasteiger partial charge in [-0.25, -0.2) is 0 Å². The highest BCUT2D eigenvalue weighted by Crippen LogP contribution is 2.15. The van der Waals surface area contributed by atoms with E-state index in [-0.39, 0.29) is 0 Å². The molecule has 0 aliphatic heterocycles. The third-order valence-corrected chi connectivity index (χ3v) is 3.63. The van der Waals surface area contributed by atoms with Crippen LogP contribution in [0.4, 0.5) is 0 Å². The summed E-state index contributed by atoms with van der Waals surface area (Å²) in [6.45, 7) is 13.3. The van der Waals surface area contributed by atoms with Gasteiger partial charge in [0.25, 0.3) is 0 Å². The van der Waals surface area contributed by atoms with Crippen molar-refractivity contribution in [3.8, 4) is 0 Å². The lowest BCUT2D eigenvalue weighted by Gasteiger charge is -2.16. The van der Waals surface area contributed by atoms with Gasteiger partial charge in [-0.1, -0.05) is 41.9 Å². The maximum absolute atomic E-state index is 9.91. The summed E-state index contributed by atoms with van der Waals surface area (Å²) in [4.78, 5) is 0. The number of ether oxygens (including phenoxy) is 1. The SMILES string of the molecule is CC(C)=CCC/C(C)=C\CO[C@@H](O)CC(C)CCC=C(C)C. The molecule has 0 saturated heterocycles. The van der Waals surface area contributed by atoms with Crippen LogP contribution in [0.5, 0.6) is 0 Å². The lowest BCUT2D eigenvalue weighted by atomic mass is 10.0. The minimum Gasteiger partial charge on any atom is -0.368 e. The molecule has 0 amide bonds. The van der Waals surface area contributed by atoms with E-state index in [2.05, 4.69) is 59.8 Å². The van der Waals surface area contributed by atoms with Crippen LogP contribution in [0.1, 0.15) is 73.6 Å². The summed E-state index contributed by atoms with van der Waals surface area (Å²) in [5, 5.41) is 9.91. The summed E-state index contributed by atoms with van der Waals surface area (Å²) in [6.07, 6.45) is 11.0. The van der Waals surface area contributed by atoms with E-state index in [1.807, 2.05) is 0 Å². The molecule has 128 valence electrons. The molecule has 1 N–H and O–H groups in total. The maximum Gasteiger partial charge on any atom is 0.155 e. The Morgan fingerprint density at radius 3 is 2.14 bits per heavy atom. The van der Waals surface area contributed by atoms with Crippen LogP contribution in [0, 0.1) is 5.92 Å². The molecule has 0 aromatic heterocycles. The molecule has 0 saturated carbocycles. The topological polar surface area (TPSA) is 29.5 Å². The normalized spacial score (nSPS) is 14.4. The van der Waals surface area contributed by atoms with Crippen LogP contribution in [-0.4, -0.2) is 18.0 Å². The first kappa shape index (κ1) is 21.1. The second kappa shape index (κ2) is 12.7. The van der Waals surface area contributed by atoms with Gasteiger partial charge in [0, 0.05) is 6.42 Å². The highest BCUT2D eigenvalue weighted by molar-refractivity contribution is 5.02. The summed E-state index contributed by atoms with van der Waals surface area (Å²) >= 11 is 0. The molecule has 2 nitrogen and oxygen atoms in total. The Kier molecular flexibility index (Phi) is 12.2. The van der Waals surface area contributed by atoms with Crippen LogP contribution < -0.4 is 0 Å². The van der Waals surface area contributed by atoms with E-state index >= 15 is 0 Å². The van der Waals surface area contributed by atoms with E-state index in [1.54, 1.807) is 0 Å². The van der Waals surface area contributed by atoms with Crippen LogP contribution in [0.3, 0.4) is 0 Å². The molecular formula is C20H36O2. The van der Waals surface area contributed by atoms with Crippen LogP contribution in [-0.2, 0) is 4.74 Å². The Balaban J connectivity index is 3.85. The van der Waals surface area contributed by atoms with Crippen molar-refractivity contribution in [2.24, 2.45) is 5.92 Å². The molecule has 0 spiro atoms. The van der Waals surface area contributed by atoms with Crippen molar-refractivity contribution in [3.63, 3.8) is 0 Å². The van der Waals surface area contributed by atoms with E-state index in [1.165, 1.54) is 16.7 Å². The quantitative estimate of drug-likeness (QED) is 0.387. The zero-order chi connectivity index (χ0) is 17.0. The first-order chi connectivity index (χ1) is 10.3. The number of rotatable bonds is 11. The predicted octanol–water partition coefficient (Wildman–Crippen LogP) is 5.79. The van der Waals surface area contributed by atoms with Crippen molar-refractivity contribution in [2.75, 3.05) is 6.61 Å². The molecule has 0 bridgehead atoms. The highest BCUT2D eigenvalue weighted by Gasteiger charge is 2.09. The first-order valence-electron chi connectivity index (χ1n) is 8.53. The predicted molar refractivity (Wildman–Crippen MR) is 96.8 cm³/mol. The molecule has 0 rings (SSSR count).